The third-order valence-electron chi connectivity index (χ3n) is 4.23. The molecule has 6 nitrogen and oxygen atoms in total. The van der Waals surface area contributed by atoms with Gasteiger partial charge in [-0.25, -0.2) is 12.8 Å². The van der Waals surface area contributed by atoms with Gasteiger partial charge >= 0.3 is 0 Å². The minimum atomic E-state index is -3.84. The molecule has 3 heterocycles. The molecule has 10 heteroatoms. The Morgan fingerprint density at radius 2 is 2.00 bits per heavy atom. The quantitative estimate of drug-likeness (QED) is 0.780. The first kappa shape index (κ1) is 18.1. The molecular formula is C14H18ClFN2O4S2. The summed E-state index contributed by atoms with van der Waals surface area (Å²) in [6.07, 6.45) is 0.325. The van der Waals surface area contributed by atoms with Crippen LogP contribution in [0, 0.1) is 0 Å². The van der Waals surface area contributed by atoms with Crippen LogP contribution in [0.3, 0.4) is 0 Å². The van der Waals surface area contributed by atoms with Crippen LogP contribution >= 0.6 is 22.9 Å². The number of nitrogens with zero attached hydrogens (tertiary/aromatic N) is 2. The molecule has 0 aliphatic carbocycles. The van der Waals surface area contributed by atoms with Gasteiger partial charge in [-0.3, -0.25) is 4.79 Å². The molecule has 0 bridgehead atoms. The van der Waals surface area contributed by atoms with Crippen molar-refractivity contribution in [1.82, 2.24) is 9.21 Å². The molecule has 2 fully saturated rings. The van der Waals surface area contributed by atoms with E-state index in [1.807, 2.05) is 0 Å². The van der Waals surface area contributed by atoms with Crippen LogP contribution in [-0.4, -0.2) is 68.6 Å². The lowest BCUT2D eigenvalue weighted by Crippen LogP contribution is -2.58. The van der Waals surface area contributed by atoms with Crippen LogP contribution in [-0.2, 0) is 19.6 Å². The van der Waals surface area contributed by atoms with Crippen LogP contribution in [0.1, 0.15) is 12.8 Å². The van der Waals surface area contributed by atoms with Crippen LogP contribution in [0.2, 0.25) is 4.34 Å². The molecule has 2 aliphatic heterocycles. The van der Waals surface area contributed by atoms with E-state index in [1.54, 1.807) is 0 Å². The second-order valence-corrected chi connectivity index (χ2v) is 9.75. The van der Waals surface area contributed by atoms with Gasteiger partial charge in [0.05, 0.1) is 24.1 Å². The molecule has 134 valence electrons. The molecule has 0 saturated carbocycles. The second kappa shape index (κ2) is 6.87. The summed E-state index contributed by atoms with van der Waals surface area (Å²) in [7, 11) is -3.84. The normalized spacial score (nSPS) is 26.5. The summed E-state index contributed by atoms with van der Waals surface area (Å²) in [5, 5.41) is 0. The number of sulfonamides is 1. The Labute approximate surface area is 149 Å². The van der Waals surface area contributed by atoms with E-state index in [-0.39, 0.29) is 17.2 Å². The van der Waals surface area contributed by atoms with E-state index in [9.17, 15) is 13.2 Å². The number of carbonyl (C=O) groups is 1. The zero-order valence-corrected chi connectivity index (χ0v) is 15.3. The summed E-state index contributed by atoms with van der Waals surface area (Å²) in [5.41, 5.74) is -2.19. The van der Waals surface area contributed by atoms with Gasteiger partial charge in [-0.2, -0.15) is 4.31 Å². The van der Waals surface area contributed by atoms with Gasteiger partial charge in [0.25, 0.3) is 15.9 Å². The minimum Gasteiger partial charge on any atom is -0.378 e. The number of hydrogen-bond acceptors (Lipinski definition) is 5. The number of ether oxygens (including phenoxy) is 1. The number of amides is 1. The molecule has 24 heavy (non-hydrogen) atoms. The fraction of sp³-hybridized carbons (Fsp3) is 0.643. The van der Waals surface area contributed by atoms with E-state index in [0.717, 1.165) is 15.6 Å². The number of rotatable bonds is 3. The van der Waals surface area contributed by atoms with Crippen LogP contribution in [0.25, 0.3) is 0 Å². The van der Waals surface area contributed by atoms with Crippen LogP contribution in [0.5, 0.6) is 0 Å². The zero-order valence-electron chi connectivity index (χ0n) is 12.9. The summed E-state index contributed by atoms with van der Waals surface area (Å²) in [4.78, 5) is 14.0. The number of carbonyl (C=O) groups excluding carboxylic acids is 1. The van der Waals surface area contributed by atoms with E-state index >= 15 is 4.39 Å². The van der Waals surface area contributed by atoms with Crippen LogP contribution < -0.4 is 0 Å². The molecule has 1 aromatic heterocycles. The highest BCUT2D eigenvalue weighted by Gasteiger charge is 2.48. The van der Waals surface area contributed by atoms with Crippen molar-refractivity contribution >= 4 is 38.9 Å². The first-order valence-electron chi connectivity index (χ1n) is 7.64. The highest BCUT2D eigenvalue weighted by molar-refractivity contribution is 7.91. The third-order valence-corrected chi connectivity index (χ3v) is 7.78. The van der Waals surface area contributed by atoms with Gasteiger partial charge in [-0.05, 0) is 25.0 Å². The summed E-state index contributed by atoms with van der Waals surface area (Å²) < 4.78 is 47.2. The Morgan fingerprint density at radius 3 is 2.62 bits per heavy atom. The molecule has 1 aromatic rings. The number of hydrogen-bond donors (Lipinski definition) is 0. The highest BCUT2D eigenvalue weighted by atomic mass is 35.5. The fourth-order valence-corrected chi connectivity index (χ4v) is 6.13. The van der Waals surface area contributed by atoms with E-state index in [2.05, 4.69) is 0 Å². The summed E-state index contributed by atoms with van der Waals surface area (Å²) in [6, 6.07) is 2.89. The average Bonchev–Trinajstić information content (AvgIpc) is 3.02. The van der Waals surface area contributed by atoms with Gasteiger partial charge < -0.3 is 9.64 Å². The predicted octanol–water partition coefficient (Wildman–Crippen LogP) is 1.75. The molecular weight excluding hydrogens is 379 g/mol. The third kappa shape index (κ3) is 3.45. The van der Waals surface area contributed by atoms with Crippen molar-refractivity contribution in [3.05, 3.63) is 16.5 Å². The zero-order chi connectivity index (χ0) is 17.4. The lowest BCUT2D eigenvalue weighted by atomic mass is 9.94. The molecule has 3 rings (SSSR count). The standard InChI is InChI=1S/C14H18ClFN2O4S2/c15-11-2-3-12(23-11)24(20,21)18-5-1-4-14(16,10-18)13(19)17-6-8-22-9-7-17/h2-3H,1,4-10H2. The predicted molar refractivity (Wildman–Crippen MR) is 88.6 cm³/mol. The van der Waals surface area contributed by atoms with Gasteiger partial charge in [0, 0.05) is 19.6 Å². The first-order chi connectivity index (χ1) is 11.3. The van der Waals surface area contributed by atoms with Crippen LogP contribution in [0.4, 0.5) is 4.39 Å². The Kier molecular flexibility index (Phi) is 5.17. The minimum absolute atomic E-state index is 0.0282. The molecule has 0 spiro atoms. The highest BCUT2D eigenvalue weighted by Crippen LogP contribution is 2.34. The number of alkyl halides is 1. The largest absolute Gasteiger partial charge is 0.378 e. The van der Waals surface area contributed by atoms with Crippen molar-refractivity contribution in [2.45, 2.75) is 22.7 Å². The molecule has 1 unspecified atom stereocenters. The Hall–Kier alpha value is -0.740. The van der Waals surface area contributed by atoms with Crippen molar-refractivity contribution in [2.24, 2.45) is 0 Å². The van der Waals surface area contributed by atoms with Crippen molar-refractivity contribution in [2.75, 3.05) is 39.4 Å². The van der Waals surface area contributed by atoms with E-state index in [4.69, 9.17) is 16.3 Å². The Morgan fingerprint density at radius 1 is 1.29 bits per heavy atom. The Balaban J connectivity index is 1.79. The van der Waals surface area contributed by atoms with E-state index in [1.165, 1.54) is 17.0 Å². The van der Waals surface area contributed by atoms with Gasteiger partial charge in [0.2, 0.25) is 5.67 Å². The van der Waals surface area contributed by atoms with E-state index < -0.39 is 28.1 Å². The molecule has 0 radical (unpaired) electrons. The summed E-state index contributed by atoms with van der Waals surface area (Å²) in [6.45, 7) is 1.14. The average molecular weight is 397 g/mol. The lowest BCUT2D eigenvalue weighted by molar-refractivity contribution is -0.150. The first-order valence-corrected chi connectivity index (χ1v) is 10.3. The number of halogens is 2. The molecule has 1 amide bonds. The molecule has 0 N–H and O–H groups in total. The molecule has 1 atom stereocenters. The maximum absolute atomic E-state index is 15.3. The maximum atomic E-state index is 15.3. The van der Waals surface area contributed by atoms with Gasteiger partial charge in [0.1, 0.15) is 4.21 Å². The van der Waals surface area contributed by atoms with Gasteiger partial charge in [0.15, 0.2) is 0 Å². The summed E-state index contributed by atoms with van der Waals surface area (Å²) in [5.74, 6) is -0.644. The van der Waals surface area contributed by atoms with Crippen LogP contribution in [0.15, 0.2) is 16.3 Å². The van der Waals surface area contributed by atoms with Crippen molar-refractivity contribution in [1.29, 1.82) is 0 Å². The van der Waals surface area contributed by atoms with Crippen molar-refractivity contribution < 1.29 is 22.3 Å². The van der Waals surface area contributed by atoms with Crippen molar-refractivity contribution in [3.8, 4) is 0 Å². The maximum Gasteiger partial charge on any atom is 0.261 e. The number of morpholine rings is 1. The van der Waals surface area contributed by atoms with E-state index in [0.29, 0.717) is 37.1 Å². The molecule has 0 aromatic carbocycles. The van der Waals surface area contributed by atoms with Gasteiger partial charge in [-0.15, -0.1) is 11.3 Å². The number of piperidine rings is 1. The topological polar surface area (TPSA) is 66.9 Å². The molecule has 2 aliphatic rings. The SMILES string of the molecule is O=C(N1CCOCC1)C1(F)CCCN(S(=O)(=O)c2ccc(Cl)s2)C1. The smallest absolute Gasteiger partial charge is 0.261 e. The Bertz CT molecular complexity index is 720. The van der Waals surface area contributed by atoms with Crippen molar-refractivity contribution in [3.63, 3.8) is 0 Å². The lowest BCUT2D eigenvalue weighted by Gasteiger charge is -2.39. The summed E-state index contributed by atoms with van der Waals surface area (Å²) >= 11 is 6.73. The number of thiophene rings is 1. The fourth-order valence-electron chi connectivity index (χ4n) is 2.97. The monoisotopic (exact) mass is 396 g/mol. The molecule has 2 saturated heterocycles. The van der Waals surface area contributed by atoms with Gasteiger partial charge in [-0.1, -0.05) is 11.6 Å². The second-order valence-electron chi connectivity index (χ2n) is 5.87.